The predicted molar refractivity (Wildman–Crippen MR) is 103 cm³/mol. The van der Waals surface area contributed by atoms with E-state index < -0.39 is 5.82 Å². The van der Waals surface area contributed by atoms with Crippen molar-refractivity contribution in [3.8, 4) is 5.69 Å². The summed E-state index contributed by atoms with van der Waals surface area (Å²) in [6, 6.07) is 4.31. The Kier molecular flexibility index (Phi) is 5.81. The standard InChI is InChI=1S/C19H24FN7O/c1-12(2)10-26-14(4)16(13(3)23-26)6-8-19(28)22-18-9-15(5-7-17(18)20)27-11-21-24-25-27/h5,7,9,11-12H,6,8,10H2,1-4H3,(H,22,28). The van der Waals surface area contributed by atoms with Crippen molar-refractivity contribution in [2.75, 3.05) is 5.32 Å². The van der Waals surface area contributed by atoms with E-state index in [1.54, 1.807) is 0 Å². The highest BCUT2D eigenvalue weighted by Gasteiger charge is 2.15. The number of nitrogens with zero attached hydrogens (tertiary/aromatic N) is 6. The smallest absolute Gasteiger partial charge is 0.224 e. The molecule has 3 rings (SSSR count). The number of carbonyl (C=O) groups is 1. The van der Waals surface area contributed by atoms with Gasteiger partial charge in [0.25, 0.3) is 0 Å². The van der Waals surface area contributed by atoms with Crippen molar-refractivity contribution in [3.05, 3.63) is 47.3 Å². The van der Waals surface area contributed by atoms with Crippen LogP contribution in [0.3, 0.4) is 0 Å². The molecule has 1 aromatic carbocycles. The molecule has 0 unspecified atom stereocenters. The quantitative estimate of drug-likeness (QED) is 0.675. The predicted octanol–water partition coefficient (Wildman–Crippen LogP) is 2.84. The van der Waals surface area contributed by atoms with Crippen molar-refractivity contribution in [1.29, 1.82) is 0 Å². The van der Waals surface area contributed by atoms with Gasteiger partial charge in [0.2, 0.25) is 5.91 Å². The van der Waals surface area contributed by atoms with Crippen LogP contribution in [0.4, 0.5) is 10.1 Å². The second kappa shape index (κ2) is 8.28. The van der Waals surface area contributed by atoms with Gasteiger partial charge in [0.1, 0.15) is 12.1 Å². The fourth-order valence-corrected chi connectivity index (χ4v) is 3.10. The van der Waals surface area contributed by atoms with Crippen LogP contribution in [-0.4, -0.2) is 35.9 Å². The lowest BCUT2D eigenvalue weighted by atomic mass is 10.1. The maximum absolute atomic E-state index is 14.1. The minimum atomic E-state index is -0.512. The van der Waals surface area contributed by atoms with Gasteiger partial charge in [0, 0.05) is 18.7 Å². The molecule has 8 nitrogen and oxygen atoms in total. The van der Waals surface area contributed by atoms with Crippen LogP contribution in [-0.2, 0) is 17.8 Å². The van der Waals surface area contributed by atoms with Gasteiger partial charge in [-0.05, 0) is 60.4 Å². The maximum atomic E-state index is 14.1. The first-order valence-electron chi connectivity index (χ1n) is 9.20. The lowest BCUT2D eigenvalue weighted by molar-refractivity contribution is -0.116. The second-order valence-electron chi connectivity index (χ2n) is 7.19. The van der Waals surface area contributed by atoms with E-state index in [-0.39, 0.29) is 18.0 Å². The number of amides is 1. The van der Waals surface area contributed by atoms with E-state index in [0.29, 0.717) is 18.0 Å². The maximum Gasteiger partial charge on any atom is 0.224 e. The molecule has 0 saturated carbocycles. The number of carbonyl (C=O) groups excluding carboxylic acids is 1. The van der Waals surface area contributed by atoms with Crippen molar-refractivity contribution in [1.82, 2.24) is 30.0 Å². The fraction of sp³-hybridized carbons (Fsp3) is 0.421. The summed E-state index contributed by atoms with van der Waals surface area (Å²) in [7, 11) is 0. The average molecular weight is 385 g/mol. The molecule has 1 amide bonds. The summed E-state index contributed by atoms with van der Waals surface area (Å²) in [5, 5.41) is 18.1. The molecule has 0 bridgehead atoms. The first kappa shape index (κ1) is 19.7. The first-order valence-corrected chi connectivity index (χ1v) is 9.20. The molecule has 3 aromatic rings. The van der Waals surface area contributed by atoms with E-state index in [0.717, 1.165) is 23.5 Å². The molecule has 0 aliphatic rings. The van der Waals surface area contributed by atoms with E-state index in [9.17, 15) is 9.18 Å². The third-order valence-corrected chi connectivity index (χ3v) is 4.51. The normalized spacial score (nSPS) is 11.2. The monoisotopic (exact) mass is 385 g/mol. The average Bonchev–Trinajstić information content (AvgIpc) is 3.25. The summed E-state index contributed by atoms with van der Waals surface area (Å²) in [5.74, 6) is -0.282. The summed E-state index contributed by atoms with van der Waals surface area (Å²) in [6.45, 7) is 9.09. The van der Waals surface area contributed by atoms with E-state index in [1.807, 2.05) is 18.5 Å². The Hall–Kier alpha value is -3.10. The Morgan fingerprint density at radius 3 is 2.75 bits per heavy atom. The number of aromatic nitrogens is 6. The van der Waals surface area contributed by atoms with Gasteiger partial charge < -0.3 is 5.32 Å². The van der Waals surface area contributed by atoms with E-state index in [2.05, 4.69) is 39.8 Å². The number of tetrazole rings is 1. The summed E-state index contributed by atoms with van der Waals surface area (Å²) < 4.78 is 17.5. The number of aryl methyl sites for hydroxylation is 1. The highest BCUT2D eigenvalue weighted by Crippen LogP contribution is 2.20. The number of hydrogen-bond acceptors (Lipinski definition) is 5. The van der Waals surface area contributed by atoms with E-state index in [4.69, 9.17) is 0 Å². The molecular weight excluding hydrogens is 361 g/mol. The Morgan fingerprint density at radius 2 is 2.07 bits per heavy atom. The minimum absolute atomic E-state index is 0.0990. The van der Waals surface area contributed by atoms with Gasteiger partial charge in [0.15, 0.2) is 0 Å². The highest BCUT2D eigenvalue weighted by molar-refractivity contribution is 5.91. The van der Waals surface area contributed by atoms with Gasteiger partial charge in [-0.15, -0.1) is 5.10 Å². The molecule has 148 valence electrons. The fourth-order valence-electron chi connectivity index (χ4n) is 3.10. The minimum Gasteiger partial charge on any atom is -0.324 e. The highest BCUT2D eigenvalue weighted by atomic mass is 19.1. The summed E-state index contributed by atoms with van der Waals surface area (Å²) in [4.78, 5) is 12.4. The zero-order valence-corrected chi connectivity index (χ0v) is 16.5. The Morgan fingerprint density at radius 1 is 1.29 bits per heavy atom. The third-order valence-electron chi connectivity index (χ3n) is 4.51. The summed E-state index contributed by atoms with van der Waals surface area (Å²) in [5.41, 5.74) is 3.73. The zero-order chi connectivity index (χ0) is 20.3. The molecule has 0 atom stereocenters. The van der Waals surface area contributed by atoms with Crippen molar-refractivity contribution < 1.29 is 9.18 Å². The van der Waals surface area contributed by atoms with E-state index in [1.165, 1.54) is 29.2 Å². The number of anilines is 1. The molecule has 0 fully saturated rings. The number of rotatable bonds is 7. The molecule has 0 radical (unpaired) electrons. The summed E-state index contributed by atoms with van der Waals surface area (Å²) >= 11 is 0. The van der Waals surface area contributed by atoms with Crippen LogP contribution in [0.25, 0.3) is 5.69 Å². The van der Waals surface area contributed by atoms with Crippen molar-refractivity contribution in [2.24, 2.45) is 5.92 Å². The van der Waals surface area contributed by atoms with Crippen LogP contribution in [0, 0.1) is 25.6 Å². The number of hydrogen-bond donors (Lipinski definition) is 1. The van der Waals surface area contributed by atoms with Gasteiger partial charge in [-0.3, -0.25) is 9.48 Å². The van der Waals surface area contributed by atoms with Crippen LogP contribution < -0.4 is 5.32 Å². The number of nitrogens with one attached hydrogen (secondary N) is 1. The van der Waals surface area contributed by atoms with Crippen LogP contribution >= 0.6 is 0 Å². The molecule has 0 aliphatic heterocycles. The van der Waals surface area contributed by atoms with Gasteiger partial charge in [-0.2, -0.15) is 5.10 Å². The van der Waals surface area contributed by atoms with Crippen molar-refractivity contribution >= 4 is 11.6 Å². The van der Waals surface area contributed by atoms with Gasteiger partial charge in [-0.25, -0.2) is 9.07 Å². The lowest BCUT2D eigenvalue weighted by Crippen LogP contribution is -2.14. The molecule has 2 aromatic heterocycles. The van der Waals surface area contributed by atoms with Crippen LogP contribution in [0.2, 0.25) is 0 Å². The van der Waals surface area contributed by atoms with Crippen molar-refractivity contribution in [3.63, 3.8) is 0 Å². The molecule has 2 heterocycles. The van der Waals surface area contributed by atoms with Crippen LogP contribution in [0.1, 0.15) is 37.2 Å². The first-order chi connectivity index (χ1) is 13.3. The van der Waals surface area contributed by atoms with Gasteiger partial charge in [0.05, 0.1) is 17.1 Å². The molecule has 0 aliphatic carbocycles. The molecular formula is C19H24FN7O. The Bertz CT molecular complexity index is 963. The largest absolute Gasteiger partial charge is 0.324 e. The number of benzene rings is 1. The molecule has 9 heteroatoms. The van der Waals surface area contributed by atoms with Crippen molar-refractivity contribution in [2.45, 2.75) is 47.1 Å². The number of halogens is 1. The second-order valence-corrected chi connectivity index (χ2v) is 7.19. The van der Waals surface area contributed by atoms with Gasteiger partial charge >= 0.3 is 0 Å². The SMILES string of the molecule is Cc1nn(CC(C)C)c(C)c1CCC(=O)Nc1cc(-n2cnnn2)ccc1F. The Balaban J connectivity index is 1.67. The van der Waals surface area contributed by atoms with Crippen LogP contribution in [0.5, 0.6) is 0 Å². The molecule has 28 heavy (non-hydrogen) atoms. The lowest BCUT2D eigenvalue weighted by Gasteiger charge is -2.09. The third kappa shape index (κ3) is 4.41. The molecule has 0 saturated heterocycles. The van der Waals surface area contributed by atoms with Gasteiger partial charge in [-0.1, -0.05) is 13.8 Å². The topological polar surface area (TPSA) is 90.5 Å². The Labute approximate surface area is 162 Å². The van der Waals surface area contributed by atoms with Crippen LogP contribution in [0.15, 0.2) is 24.5 Å². The molecule has 1 N–H and O–H groups in total. The zero-order valence-electron chi connectivity index (χ0n) is 16.5. The van der Waals surface area contributed by atoms with E-state index >= 15 is 0 Å². The summed E-state index contributed by atoms with van der Waals surface area (Å²) in [6.07, 6.45) is 2.19. The molecule has 0 spiro atoms.